The molecule has 0 radical (unpaired) electrons. The summed E-state index contributed by atoms with van der Waals surface area (Å²) in [5, 5.41) is 21.4. The van der Waals surface area contributed by atoms with Gasteiger partial charge < -0.3 is 19.3 Å². The molecule has 8 aromatic carbocycles. The number of fused-ring (bicyclic) bond motifs is 9. The predicted octanol–water partition coefficient (Wildman–Crippen LogP) is 13.3. The highest BCUT2D eigenvalue weighted by Crippen LogP contribution is 2.79. The SMILES string of the molecule is O=Cc1ccc(O)cc1.O=P1(C(c2ccc(O)cc2)P2(=O)Oc3ccccc3-c3ccccc32)Oc2ccccc2-c2ccccc21.O=[p+]1oc2ccccc2c2ccccc21.P. The minimum absolute atomic E-state index is 0. The van der Waals surface area contributed by atoms with Gasteiger partial charge in [0.25, 0.3) is 14.7 Å². The zero-order valence-corrected chi connectivity index (χ0v) is 37.5. The van der Waals surface area contributed by atoms with Gasteiger partial charge in [-0.3, -0.25) is 13.9 Å². The molecule has 2 aliphatic rings. The molecule has 0 fully saturated rings. The summed E-state index contributed by atoms with van der Waals surface area (Å²) >= 11 is 0. The second-order valence-electron chi connectivity index (χ2n) is 14.4. The van der Waals surface area contributed by atoms with Gasteiger partial charge in [0, 0.05) is 27.5 Å². The van der Waals surface area contributed by atoms with E-state index in [0.717, 1.165) is 44.4 Å². The fraction of sp³-hybridized carbons (Fsp3) is 0.0200. The molecule has 0 amide bonds. The molecule has 312 valence electrons. The highest BCUT2D eigenvalue weighted by atomic mass is 31.2. The Morgan fingerprint density at radius 2 is 0.921 bits per heavy atom. The van der Waals surface area contributed by atoms with Crippen LogP contribution < -0.4 is 19.7 Å². The van der Waals surface area contributed by atoms with Crippen LogP contribution in [0.2, 0.25) is 0 Å². The van der Waals surface area contributed by atoms with E-state index in [1.54, 1.807) is 48.5 Å². The van der Waals surface area contributed by atoms with Crippen LogP contribution in [-0.2, 0) is 13.7 Å². The zero-order valence-electron chi connectivity index (χ0n) is 33.4. The summed E-state index contributed by atoms with van der Waals surface area (Å²) in [6.07, 6.45) is 0.736. The lowest BCUT2D eigenvalue weighted by molar-refractivity contribution is 0.112. The van der Waals surface area contributed by atoms with Crippen molar-refractivity contribution in [2.24, 2.45) is 0 Å². The van der Waals surface area contributed by atoms with Crippen LogP contribution in [0, 0.1) is 0 Å². The molecule has 2 N–H and O–H groups in total. The smallest absolute Gasteiger partial charge is 0.508 e. The van der Waals surface area contributed by atoms with E-state index in [0.29, 0.717) is 38.8 Å². The molecule has 63 heavy (non-hydrogen) atoms. The lowest BCUT2D eigenvalue weighted by Crippen LogP contribution is -2.28. The molecule has 9 aromatic rings. The maximum absolute atomic E-state index is 15.5. The van der Waals surface area contributed by atoms with E-state index >= 15 is 9.13 Å². The second-order valence-corrected chi connectivity index (χ2v) is 20.8. The molecule has 0 saturated carbocycles. The summed E-state index contributed by atoms with van der Waals surface area (Å²) in [6, 6.07) is 57.4. The number of hydrogen-bond donors (Lipinski definition) is 2. The molecule has 1 aromatic heterocycles. The van der Waals surface area contributed by atoms with Gasteiger partial charge in [0.15, 0.2) is 11.0 Å². The normalized spacial score (nSPS) is 17.1. The number of carbonyl (C=O) groups is 1. The van der Waals surface area contributed by atoms with E-state index in [9.17, 15) is 14.5 Å². The summed E-state index contributed by atoms with van der Waals surface area (Å²) in [4.78, 5) is 10.0. The minimum atomic E-state index is -3.95. The van der Waals surface area contributed by atoms with Crippen molar-refractivity contribution in [1.82, 2.24) is 0 Å². The van der Waals surface area contributed by atoms with Crippen molar-refractivity contribution >= 4 is 70.7 Å². The Kier molecular flexibility index (Phi) is 12.3. The molecule has 0 aliphatic carbocycles. The topological polar surface area (TPSA) is 140 Å². The Bertz CT molecular complexity index is 3180. The van der Waals surface area contributed by atoms with Crippen LogP contribution >= 0.6 is 32.3 Å². The number of phenolic OH excluding ortho intramolecular Hbond substituents is 2. The van der Waals surface area contributed by atoms with E-state index in [4.69, 9.17) is 18.4 Å². The van der Waals surface area contributed by atoms with E-state index in [1.165, 1.54) is 24.3 Å². The largest absolute Gasteiger partial charge is 0.597 e. The number of hydrogen-bond acceptors (Lipinski definition) is 9. The van der Waals surface area contributed by atoms with Gasteiger partial charge in [-0.15, -0.1) is 0 Å². The lowest BCUT2D eigenvalue weighted by atomic mass is 10.0. The molecule has 0 spiro atoms. The van der Waals surface area contributed by atoms with Crippen molar-refractivity contribution < 1.29 is 41.9 Å². The van der Waals surface area contributed by atoms with Crippen LogP contribution in [0.25, 0.3) is 43.7 Å². The maximum atomic E-state index is 15.5. The molecule has 0 bridgehead atoms. The van der Waals surface area contributed by atoms with Gasteiger partial charge in [-0.1, -0.05) is 115 Å². The Morgan fingerprint density at radius 3 is 1.46 bits per heavy atom. The molecule has 11 rings (SSSR count). The molecular formula is C50H39O9P4+. The third-order valence-corrected chi connectivity index (χ3v) is 18.5. The fourth-order valence-electron chi connectivity index (χ4n) is 7.80. The summed E-state index contributed by atoms with van der Waals surface area (Å²) in [5.41, 5.74) is 4.99. The zero-order chi connectivity index (χ0) is 42.8. The van der Waals surface area contributed by atoms with E-state index < -0.39 is 27.8 Å². The molecule has 2 aliphatic heterocycles. The Morgan fingerprint density at radius 1 is 0.492 bits per heavy atom. The van der Waals surface area contributed by atoms with Crippen molar-refractivity contribution in [3.05, 3.63) is 205 Å². The van der Waals surface area contributed by atoms with E-state index in [2.05, 4.69) is 0 Å². The molecule has 3 heterocycles. The first-order valence-corrected chi connectivity index (χ1v) is 24.1. The van der Waals surface area contributed by atoms with Gasteiger partial charge in [0.2, 0.25) is 5.12 Å². The van der Waals surface area contributed by atoms with Crippen LogP contribution in [0.15, 0.2) is 198 Å². The van der Waals surface area contributed by atoms with Gasteiger partial charge >= 0.3 is 7.65 Å². The third-order valence-electron chi connectivity index (χ3n) is 10.6. The van der Waals surface area contributed by atoms with Crippen LogP contribution in [0.4, 0.5) is 0 Å². The van der Waals surface area contributed by atoms with Crippen LogP contribution in [-0.4, -0.2) is 16.5 Å². The third kappa shape index (κ3) is 8.14. The Balaban J connectivity index is 0.000000177. The van der Waals surface area contributed by atoms with E-state index in [1.807, 2.05) is 121 Å². The molecule has 9 nitrogen and oxygen atoms in total. The minimum Gasteiger partial charge on any atom is -0.508 e. The van der Waals surface area contributed by atoms with Crippen LogP contribution in [0.5, 0.6) is 23.0 Å². The average Bonchev–Trinajstić information content (AvgIpc) is 3.31. The fourth-order valence-corrected chi connectivity index (χ4v) is 16.1. The average molecular weight is 908 g/mol. The monoisotopic (exact) mass is 907 g/mol. The quantitative estimate of drug-likeness (QED) is 0.100. The highest BCUT2D eigenvalue weighted by Gasteiger charge is 2.57. The maximum Gasteiger partial charge on any atom is 0.597 e. The van der Waals surface area contributed by atoms with Crippen molar-refractivity contribution in [1.29, 1.82) is 0 Å². The van der Waals surface area contributed by atoms with Gasteiger partial charge in [0.1, 0.15) is 29.3 Å². The summed E-state index contributed by atoms with van der Waals surface area (Å²) in [5.74, 6) is 1.17. The van der Waals surface area contributed by atoms with Gasteiger partial charge in [-0.05, 0) is 100 Å². The first-order valence-electron chi connectivity index (χ1n) is 19.5. The van der Waals surface area contributed by atoms with E-state index in [-0.39, 0.29) is 21.4 Å². The van der Waals surface area contributed by atoms with Crippen molar-refractivity contribution in [3.63, 3.8) is 0 Å². The number of aromatic hydroxyl groups is 2. The first kappa shape index (κ1) is 43.1. The van der Waals surface area contributed by atoms with Crippen LogP contribution in [0.1, 0.15) is 21.3 Å². The Hall–Kier alpha value is -6.58. The summed E-state index contributed by atoms with van der Waals surface area (Å²) < 4.78 is 61.0. The molecule has 13 heteroatoms. The van der Waals surface area contributed by atoms with Crippen molar-refractivity contribution in [2.45, 2.75) is 5.40 Å². The molecular weight excluding hydrogens is 868 g/mol. The second kappa shape index (κ2) is 18.0. The van der Waals surface area contributed by atoms with Gasteiger partial charge in [-0.2, -0.15) is 9.90 Å². The highest BCUT2D eigenvalue weighted by molar-refractivity contribution is 7.84. The number of phenols is 2. The number of rotatable bonds is 4. The number of para-hydroxylation sites is 3. The van der Waals surface area contributed by atoms with Gasteiger partial charge in [0.05, 0.1) is 10.6 Å². The predicted molar refractivity (Wildman–Crippen MR) is 256 cm³/mol. The Labute approximate surface area is 367 Å². The molecule has 4 unspecified atom stereocenters. The lowest BCUT2D eigenvalue weighted by Gasteiger charge is -2.39. The standard InChI is InChI=1S/C31H22O5P2.C12H8O2P.C7H6O2.H3P/c32-22-19-17-21(18-20-22)31(37(33)29-15-7-3-11-25(29)23-9-1-5-13-27(23)35-37)38(34)30-16-8-4-12-26(30)24-10-2-6-14-28(24)36-38;13-15-12-8-4-2-6-10(12)9-5-1-3-7-11(9)14-15;8-5-6-1-3-7(9)4-2-6;/h1-20,31-32H;1-8H;1-5,9H;1H3/q;+1;;. The first-order chi connectivity index (χ1) is 30.2. The van der Waals surface area contributed by atoms with Gasteiger partial charge in [-0.25, -0.2) is 4.20 Å². The van der Waals surface area contributed by atoms with Crippen molar-refractivity contribution in [2.75, 3.05) is 0 Å². The summed E-state index contributed by atoms with van der Waals surface area (Å²) in [6.45, 7) is 0. The molecule has 0 saturated heterocycles. The van der Waals surface area contributed by atoms with Crippen LogP contribution in [0.3, 0.4) is 0 Å². The number of benzene rings is 8. The summed E-state index contributed by atoms with van der Waals surface area (Å²) in [7, 11) is -9.65. The molecule has 4 atom stereocenters. The number of aldehydes is 1. The van der Waals surface area contributed by atoms with Crippen molar-refractivity contribution in [3.8, 4) is 45.3 Å². The number of carbonyl (C=O) groups excluding carboxylic acids is 1.